The Morgan fingerprint density at radius 1 is 1.17 bits per heavy atom. The van der Waals surface area contributed by atoms with Gasteiger partial charge in [-0.3, -0.25) is 9.59 Å². The third-order valence-electron chi connectivity index (χ3n) is 4.89. The number of ether oxygens (including phenoxy) is 4. The lowest BCUT2D eigenvalue weighted by Crippen LogP contribution is -2.47. The van der Waals surface area contributed by atoms with Gasteiger partial charge in [0.05, 0.1) is 18.1 Å². The number of esters is 3. The third kappa shape index (κ3) is 5.05. The van der Waals surface area contributed by atoms with Gasteiger partial charge in [0.1, 0.15) is 24.4 Å². The first-order valence-electron chi connectivity index (χ1n) is 9.59. The van der Waals surface area contributed by atoms with Crippen LogP contribution in [0.5, 0.6) is 0 Å². The van der Waals surface area contributed by atoms with E-state index in [1.54, 1.807) is 37.3 Å². The second-order valence-corrected chi connectivity index (χ2v) is 7.22. The molecule has 9 heteroatoms. The number of aliphatic hydroxyl groups excluding tert-OH is 2. The predicted octanol–water partition coefficient (Wildman–Crippen LogP) is 0.524. The molecular formula is C21H24O9. The first kappa shape index (κ1) is 21.9. The summed E-state index contributed by atoms with van der Waals surface area (Å²) in [6.07, 6.45) is -4.18. The van der Waals surface area contributed by atoms with Crippen molar-refractivity contribution in [3.05, 3.63) is 48.0 Å². The van der Waals surface area contributed by atoms with Crippen molar-refractivity contribution >= 4 is 17.9 Å². The molecule has 2 fully saturated rings. The maximum Gasteiger partial charge on any atom is 0.338 e. The molecule has 7 atom stereocenters. The first-order chi connectivity index (χ1) is 14.3. The van der Waals surface area contributed by atoms with Crippen LogP contribution < -0.4 is 0 Å². The summed E-state index contributed by atoms with van der Waals surface area (Å²) in [4.78, 5) is 35.3. The quantitative estimate of drug-likeness (QED) is 0.384. The largest absolute Gasteiger partial charge is 0.459 e. The van der Waals surface area contributed by atoms with Gasteiger partial charge in [0.25, 0.3) is 0 Å². The standard InChI is InChI=1S/C21H24O9/c1-11(27-12(2)22)15(29-21(26)13-6-4-3-5-7-13)8-9-16-18(25)20-19(28-16)14(23)10-17(24)30-20/h3-9,11,14-16,18-20,23,25H,10H2,1-2H3. The highest BCUT2D eigenvalue weighted by molar-refractivity contribution is 5.89. The van der Waals surface area contributed by atoms with E-state index in [-0.39, 0.29) is 6.42 Å². The Morgan fingerprint density at radius 2 is 1.87 bits per heavy atom. The number of carbonyl (C=O) groups is 3. The second-order valence-electron chi connectivity index (χ2n) is 7.22. The molecule has 1 aromatic carbocycles. The van der Waals surface area contributed by atoms with Crippen LogP contribution in [0.15, 0.2) is 42.5 Å². The lowest BCUT2D eigenvalue weighted by molar-refractivity contribution is -0.175. The number of benzene rings is 1. The van der Waals surface area contributed by atoms with E-state index in [0.29, 0.717) is 5.56 Å². The van der Waals surface area contributed by atoms with Gasteiger partial charge < -0.3 is 29.2 Å². The Balaban J connectivity index is 1.73. The van der Waals surface area contributed by atoms with Gasteiger partial charge in [-0.15, -0.1) is 0 Å². The van der Waals surface area contributed by atoms with Gasteiger partial charge >= 0.3 is 17.9 Å². The van der Waals surface area contributed by atoms with E-state index in [4.69, 9.17) is 18.9 Å². The number of rotatable bonds is 6. The summed E-state index contributed by atoms with van der Waals surface area (Å²) in [5.74, 6) is -1.78. The number of aliphatic hydroxyl groups is 2. The minimum atomic E-state index is -1.21. The van der Waals surface area contributed by atoms with E-state index in [1.165, 1.54) is 19.1 Å². The van der Waals surface area contributed by atoms with Crippen LogP contribution in [0, 0.1) is 0 Å². The molecule has 0 radical (unpaired) electrons. The molecule has 2 aliphatic heterocycles. The van der Waals surface area contributed by atoms with E-state index in [0.717, 1.165) is 0 Å². The molecule has 2 N–H and O–H groups in total. The third-order valence-corrected chi connectivity index (χ3v) is 4.89. The van der Waals surface area contributed by atoms with E-state index in [9.17, 15) is 24.6 Å². The van der Waals surface area contributed by atoms with Crippen LogP contribution in [-0.4, -0.2) is 70.8 Å². The van der Waals surface area contributed by atoms with Gasteiger partial charge in [-0.1, -0.05) is 24.3 Å². The molecule has 0 saturated carbocycles. The molecule has 2 saturated heterocycles. The Labute approximate surface area is 173 Å². The molecule has 9 nitrogen and oxygen atoms in total. The average molecular weight is 420 g/mol. The highest BCUT2D eigenvalue weighted by atomic mass is 16.6. The van der Waals surface area contributed by atoms with Gasteiger partial charge in [-0.05, 0) is 25.1 Å². The van der Waals surface area contributed by atoms with Gasteiger partial charge in [-0.2, -0.15) is 0 Å². The van der Waals surface area contributed by atoms with Gasteiger partial charge in [0.15, 0.2) is 12.2 Å². The highest BCUT2D eigenvalue weighted by Gasteiger charge is 2.51. The molecule has 162 valence electrons. The maximum absolute atomic E-state index is 12.4. The molecule has 0 spiro atoms. The van der Waals surface area contributed by atoms with Crippen LogP contribution >= 0.6 is 0 Å². The van der Waals surface area contributed by atoms with Crippen LogP contribution in [-0.2, 0) is 28.5 Å². The summed E-state index contributed by atoms with van der Waals surface area (Å²) in [7, 11) is 0. The highest BCUT2D eigenvalue weighted by Crippen LogP contribution is 2.32. The fourth-order valence-electron chi connectivity index (χ4n) is 3.42. The van der Waals surface area contributed by atoms with E-state index in [1.807, 2.05) is 0 Å². The Hall–Kier alpha value is -2.75. The smallest absolute Gasteiger partial charge is 0.338 e. The van der Waals surface area contributed by atoms with Crippen molar-refractivity contribution in [2.75, 3.05) is 0 Å². The summed E-state index contributed by atoms with van der Waals surface area (Å²) in [5, 5.41) is 20.4. The van der Waals surface area contributed by atoms with Crippen LogP contribution in [0.4, 0.5) is 0 Å². The van der Waals surface area contributed by atoms with Crippen LogP contribution in [0.25, 0.3) is 0 Å². The summed E-state index contributed by atoms with van der Waals surface area (Å²) < 4.78 is 21.3. The minimum absolute atomic E-state index is 0.217. The summed E-state index contributed by atoms with van der Waals surface area (Å²) in [6.45, 7) is 2.80. The normalized spacial score (nSPS) is 30.3. The van der Waals surface area contributed by atoms with Crippen molar-refractivity contribution in [3.63, 3.8) is 0 Å². The van der Waals surface area contributed by atoms with Crippen molar-refractivity contribution in [3.8, 4) is 0 Å². The van der Waals surface area contributed by atoms with Gasteiger partial charge in [0.2, 0.25) is 0 Å². The van der Waals surface area contributed by atoms with Crippen LogP contribution in [0.2, 0.25) is 0 Å². The summed E-state index contributed by atoms with van der Waals surface area (Å²) in [6, 6.07) is 8.31. The molecule has 0 aromatic heterocycles. The summed E-state index contributed by atoms with van der Waals surface area (Å²) in [5.41, 5.74) is 0.323. The fourth-order valence-corrected chi connectivity index (χ4v) is 3.42. The van der Waals surface area contributed by atoms with Crippen LogP contribution in [0.3, 0.4) is 0 Å². The molecule has 1 aromatic rings. The monoisotopic (exact) mass is 420 g/mol. The van der Waals surface area contributed by atoms with E-state index in [2.05, 4.69) is 0 Å². The molecule has 0 bridgehead atoms. The molecule has 2 aliphatic rings. The van der Waals surface area contributed by atoms with Crippen molar-refractivity contribution in [2.45, 2.75) is 63.0 Å². The van der Waals surface area contributed by atoms with E-state index < -0.39 is 60.6 Å². The molecule has 3 rings (SSSR count). The number of hydrogen-bond donors (Lipinski definition) is 2. The molecule has 7 unspecified atom stereocenters. The second kappa shape index (κ2) is 9.38. The lowest BCUT2D eigenvalue weighted by atomic mass is 9.98. The van der Waals surface area contributed by atoms with Crippen molar-refractivity contribution < 1.29 is 43.5 Å². The Morgan fingerprint density at radius 3 is 2.53 bits per heavy atom. The van der Waals surface area contributed by atoms with Gasteiger partial charge in [-0.25, -0.2) is 4.79 Å². The molecule has 2 heterocycles. The minimum Gasteiger partial charge on any atom is -0.459 e. The number of carbonyl (C=O) groups excluding carboxylic acids is 3. The van der Waals surface area contributed by atoms with Crippen molar-refractivity contribution in [2.24, 2.45) is 0 Å². The summed E-state index contributed by atoms with van der Waals surface area (Å²) >= 11 is 0. The molecular weight excluding hydrogens is 396 g/mol. The van der Waals surface area contributed by atoms with E-state index >= 15 is 0 Å². The Bertz CT molecular complexity index is 806. The van der Waals surface area contributed by atoms with Crippen molar-refractivity contribution in [1.29, 1.82) is 0 Å². The topological polar surface area (TPSA) is 129 Å². The zero-order chi connectivity index (χ0) is 21.8. The predicted molar refractivity (Wildman–Crippen MR) is 101 cm³/mol. The zero-order valence-electron chi connectivity index (χ0n) is 16.5. The lowest BCUT2D eigenvalue weighted by Gasteiger charge is -2.29. The van der Waals surface area contributed by atoms with Gasteiger partial charge in [0, 0.05) is 6.92 Å². The Kier molecular flexibility index (Phi) is 6.86. The first-order valence-corrected chi connectivity index (χ1v) is 9.59. The SMILES string of the molecule is CC(=O)OC(C)C(C=CC1OC2C(O)CC(=O)OC2C1O)OC(=O)c1ccccc1. The maximum atomic E-state index is 12.4. The van der Waals surface area contributed by atoms with Crippen molar-refractivity contribution in [1.82, 2.24) is 0 Å². The number of fused-ring (bicyclic) bond motifs is 1. The fraction of sp³-hybridized carbons (Fsp3) is 0.476. The molecule has 0 aliphatic carbocycles. The zero-order valence-corrected chi connectivity index (χ0v) is 16.5. The number of hydrogen-bond acceptors (Lipinski definition) is 9. The molecule has 0 amide bonds. The molecule has 30 heavy (non-hydrogen) atoms. The van der Waals surface area contributed by atoms with Crippen LogP contribution in [0.1, 0.15) is 30.6 Å². The average Bonchev–Trinajstić information content (AvgIpc) is 3.01.